The summed E-state index contributed by atoms with van der Waals surface area (Å²) in [7, 11) is 0. The van der Waals surface area contributed by atoms with Crippen LogP contribution in [0.25, 0.3) is 17.0 Å². The molecule has 1 aromatic carbocycles. The van der Waals surface area contributed by atoms with Crippen LogP contribution < -0.4 is 0 Å². The van der Waals surface area contributed by atoms with Crippen molar-refractivity contribution in [2.24, 2.45) is 4.99 Å². The number of para-hydroxylation sites is 1. The van der Waals surface area contributed by atoms with Crippen molar-refractivity contribution in [3.63, 3.8) is 0 Å². The zero-order valence-electron chi connectivity index (χ0n) is 18.5. The molecule has 2 saturated carbocycles. The fourth-order valence-electron chi connectivity index (χ4n) is 5.34. The minimum absolute atomic E-state index is 0.105. The Balaban J connectivity index is 1.51. The van der Waals surface area contributed by atoms with Gasteiger partial charge in [0.1, 0.15) is 6.54 Å². The molecule has 2 aromatic rings. The highest BCUT2D eigenvalue weighted by atomic mass is 32.2. The van der Waals surface area contributed by atoms with E-state index in [2.05, 4.69) is 12.1 Å². The molecule has 0 unspecified atom stereocenters. The number of aliphatic imine (C=N–C) groups is 1. The molecule has 1 saturated heterocycles. The van der Waals surface area contributed by atoms with E-state index in [0.29, 0.717) is 12.6 Å². The molecule has 1 amide bonds. The lowest BCUT2D eigenvalue weighted by molar-refractivity contribution is -0.124. The number of amides is 1. The number of carbonyl (C=O) groups is 1. The number of amidine groups is 1. The van der Waals surface area contributed by atoms with Crippen LogP contribution in [0, 0.1) is 11.3 Å². The van der Waals surface area contributed by atoms with Crippen LogP contribution in [-0.4, -0.2) is 32.6 Å². The molecule has 5 rings (SSSR count). The predicted octanol–water partition coefficient (Wildman–Crippen LogP) is 6.10. The largest absolute Gasteiger partial charge is 0.333 e. The molecule has 0 radical (unpaired) electrons. The molecule has 2 aliphatic carbocycles. The lowest BCUT2D eigenvalue weighted by Gasteiger charge is -2.31. The summed E-state index contributed by atoms with van der Waals surface area (Å²) < 4.78 is 1.96. The number of fused-ring (bicyclic) bond motifs is 1. The van der Waals surface area contributed by atoms with Crippen molar-refractivity contribution in [1.82, 2.24) is 9.47 Å². The number of thioether (sulfide) groups is 1. The minimum atomic E-state index is 0.105. The van der Waals surface area contributed by atoms with Gasteiger partial charge in [0.05, 0.1) is 17.0 Å². The van der Waals surface area contributed by atoms with Crippen LogP contribution in [-0.2, 0) is 11.3 Å². The molecular weight excluding hydrogens is 416 g/mol. The number of benzene rings is 1. The molecular formula is C26H30N4OS. The highest BCUT2D eigenvalue weighted by molar-refractivity contribution is 8.18. The molecule has 1 aromatic heterocycles. The van der Waals surface area contributed by atoms with Gasteiger partial charge < -0.3 is 4.57 Å². The van der Waals surface area contributed by atoms with E-state index in [1.54, 1.807) is 11.8 Å². The summed E-state index contributed by atoms with van der Waals surface area (Å²) in [6, 6.07) is 11.0. The van der Waals surface area contributed by atoms with Crippen LogP contribution in [0.15, 0.2) is 40.4 Å². The summed E-state index contributed by atoms with van der Waals surface area (Å²) in [4.78, 5) is 21.5. The van der Waals surface area contributed by atoms with Gasteiger partial charge in [-0.15, -0.1) is 0 Å². The van der Waals surface area contributed by atoms with Gasteiger partial charge in [-0.25, -0.2) is 0 Å². The average Bonchev–Trinajstić information content (AvgIpc) is 3.33. The molecule has 3 fully saturated rings. The Hall–Kier alpha value is -2.52. The SMILES string of the molecule is N#CCn1cc(C=C2SC(=NC3CCCCC3)N(C3CCCCC3)C2=O)c2ccccc21. The van der Waals surface area contributed by atoms with Crippen molar-refractivity contribution in [2.75, 3.05) is 0 Å². The molecule has 0 atom stereocenters. The van der Waals surface area contributed by atoms with Crippen LogP contribution in [0.4, 0.5) is 0 Å². The Bertz CT molecular complexity index is 1100. The molecule has 0 spiro atoms. The van der Waals surface area contributed by atoms with Gasteiger partial charge in [-0.1, -0.05) is 56.7 Å². The van der Waals surface area contributed by atoms with Gasteiger partial charge in [0.15, 0.2) is 5.17 Å². The van der Waals surface area contributed by atoms with Crippen molar-refractivity contribution in [3.8, 4) is 6.07 Å². The second-order valence-corrected chi connectivity index (χ2v) is 10.2. The second-order valence-electron chi connectivity index (χ2n) is 9.17. The van der Waals surface area contributed by atoms with Gasteiger partial charge in [-0.05, 0) is 49.6 Å². The van der Waals surface area contributed by atoms with Crippen molar-refractivity contribution < 1.29 is 4.79 Å². The van der Waals surface area contributed by atoms with Crippen LogP contribution in [0.2, 0.25) is 0 Å². The summed E-state index contributed by atoms with van der Waals surface area (Å²) in [5, 5.41) is 11.2. The summed E-state index contributed by atoms with van der Waals surface area (Å²) in [5.41, 5.74) is 2.02. The Labute approximate surface area is 194 Å². The lowest BCUT2D eigenvalue weighted by Crippen LogP contribution is -2.41. The van der Waals surface area contributed by atoms with Crippen molar-refractivity contribution >= 4 is 39.8 Å². The fourth-order valence-corrected chi connectivity index (χ4v) is 6.44. The smallest absolute Gasteiger partial charge is 0.267 e. The zero-order chi connectivity index (χ0) is 21.9. The standard InChI is InChI=1S/C26H30N4OS/c27-15-16-29-18-19(22-13-7-8-14-23(22)29)17-24-25(31)30(21-11-5-2-6-12-21)26(32-24)28-20-9-3-1-4-10-20/h7-8,13-14,17-18,20-21H,1-6,9-12,16H2. The second kappa shape index (κ2) is 9.54. The summed E-state index contributed by atoms with van der Waals surface area (Å²) in [6.07, 6.45) is 15.9. The lowest BCUT2D eigenvalue weighted by atomic mass is 9.94. The number of hydrogen-bond acceptors (Lipinski definition) is 4. The van der Waals surface area contributed by atoms with E-state index in [-0.39, 0.29) is 11.9 Å². The third-order valence-electron chi connectivity index (χ3n) is 6.99. The number of rotatable bonds is 4. The Morgan fingerprint density at radius 2 is 1.78 bits per heavy atom. The topological polar surface area (TPSA) is 61.4 Å². The van der Waals surface area contributed by atoms with Gasteiger partial charge in [-0.3, -0.25) is 14.7 Å². The van der Waals surface area contributed by atoms with E-state index in [0.717, 1.165) is 52.2 Å². The van der Waals surface area contributed by atoms with Crippen molar-refractivity contribution in [1.29, 1.82) is 5.26 Å². The summed E-state index contributed by atoms with van der Waals surface area (Å²) in [6.45, 7) is 0.299. The Kier molecular flexibility index (Phi) is 6.36. The molecule has 2 heterocycles. The van der Waals surface area contributed by atoms with Crippen LogP contribution in [0.5, 0.6) is 0 Å². The monoisotopic (exact) mass is 446 g/mol. The molecule has 0 N–H and O–H groups in total. The minimum Gasteiger partial charge on any atom is -0.333 e. The van der Waals surface area contributed by atoms with Gasteiger partial charge in [0.25, 0.3) is 5.91 Å². The number of hydrogen-bond donors (Lipinski definition) is 0. The Morgan fingerprint density at radius 1 is 1.06 bits per heavy atom. The van der Waals surface area contributed by atoms with Crippen molar-refractivity contribution in [3.05, 3.63) is 40.9 Å². The highest BCUT2D eigenvalue weighted by Crippen LogP contribution is 2.39. The molecule has 5 nitrogen and oxygen atoms in total. The third kappa shape index (κ3) is 4.23. The first-order valence-electron chi connectivity index (χ1n) is 12.0. The number of aromatic nitrogens is 1. The van der Waals surface area contributed by atoms with E-state index in [1.165, 1.54) is 38.5 Å². The van der Waals surface area contributed by atoms with E-state index >= 15 is 0 Å². The molecule has 1 aliphatic heterocycles. The maximum atomic E-state index is 13.6. The fraction of sp³-hybridized carbons (Fsp3) is 0.500. The number of carbonyl (C=O) groups excluding carboxylic acids is 1. The maximum absolute atomic E-state index is 13.6. The first-order chi connectivity index (χ1) is 15.7. The first kappa shape index (κ1) is 21.3. The first-order valence-corrected chi connectivity index (χ1v) is 12.8. The number of nitrogens with zero attached hydrogens (tertiary/aromatic N) is 4. The van der Waals surface area contributed by atoms with E-state index in [1.807, 2.05) is 39.9 Å². The molecule has 0 bridgehead atoms. The average molecular weight is 447 g/mol. The van der Waals surface area contributed by atoms with E-state index < -0.39 is 0 Å². The van der Waals surface area contributed by atoms with Crippen molar-refractivity contribution in [2.45, 2.75) is 82.8 Å². The maximum Gasteiger partial charge on any atom is 0.267 e. The van der Waals surface area contributed by atoms with Gasteiger partial charge in [-0.2, -0.15) is 5.26 Å². The number of nitriles is 1. The van der Waals surface area contributed by atoms with Crippen LogP contribution in [0.3, 0.4) is 0 Å². The zero-order valence-corrected chi connectivity index (χ0v) is 19.3. The van der Waals surface area contributed by atoms with Gasteiger partial charge in [0, 0.05) is 28.7 Å². The van der Waals surface area contributed by atoms with Crippen LogP contribution >= 0.6 is 11.8 Å². The quantitative estimate of drug-likeness (QED) is 0.533. The molecule has 166 valence electrons. The van der Waals surface area contributed by atoms with Gasteiger partial charge in [0.2, 0.25) is 0 Å². The van der Waals surface area contributed by atoms with E-state index in [4.69, 9.17) is 4.99 Å². The molecule has 3 aliphatic rings. The summed E-state index contributed by atoms with van der Waals surface area (Å²) in [5.74, 6) is 0.105. The third-order valence-corrected chi connectivity index (χ3v) is 7.99. The van der Waals surface area contributed by atoms with Gasteiger partial charge >= 0.3 is 0 Å². The normalized spacial score (nSPS) is 23.5. The predicted molar refractivity (Wildman–Crippen MR) is 131 cm³/mol. The van der Waals surface area contributed by atoms with Crippen LogP contribution in [0.1, 0.15) is 69.8 Å². The molecule has 32 heavy (non-hydrogen) atoms. The Morgan fingerprint density at radius 3 is 2.53 bits per heavy atom. The highest BCUT2D eigenvalue weighted by Gasteiger charge is 2.39. The summed E-state index contributed by atoms with van der Waals surface area (Å²) >= 11 is 1.55. The molecule has 6 heteroatoms. The van der Waals surface area contributed by atoms with E-state index in [9.17, 15) is 10.1 Å².